The van der Waals surface area contributed by atoms with Crippen LogP contribution in [-0.4, -0.2) is 31.2 Å². The van der Waals surface area contributed by atoms with E-state index in [1.165, 1.54) is 12.1 Å². The monoisotopic (exact) mass is 391 g/mol. The van der Waals surface area contributed by atoms with Crippen LogP contribution in [0.4, 0.5) is 8.78 Å². The van der Waals surface area contributed by atoms with E-state index in [9.17, 15) is 8.78 Å². The van der Waals surface area contributed by atoms with Gasteiger partial charge in [-0.3, -0.25) is 4.98 Å². The number of aromatic amines is 1. The number of nitrogens with zero attached hydrogens (tertiary/aromatic N) is 4. The maximum atomic E-state index is 13.4. The molecule has 5 rings (SSSR count). The van der Waals surface area contributed by atoms with Gasteiger partial charge in [-0.25, -0.2) is 13.2 Å². The minimum absolute atomic E-state index is 0.263. The molecule has 144 valence electrons. The van der Waals surface area contributed by atoms with Gasteiger partial charge >= 0.3 is 0 Å². The van der Waals surface area contributed by atoms with Gasteiger partial charge in [-0.15, -0.1) is 10.2 Å². The Balaban J connectivity index is 1.44. The van der Waals surface area contributed by atoms with Gasteiger partial charge in [0.1, 0.15) is 0 Å². The Morgan fingerprint density at radius 2 is 1.90 bits per heavy atom. The molecule has 0 amide bonds. The molecule has 0 aliphatic rings. The lowest BCUT2D eigenvalue weighted by Crippen LogP contribution is -2.06. The zero-order valence-corrected chi connectivity index (χ0v) is 15.1. The molecule has 29 heavy (non-hydrogen) atoms. The Hall–Kier alpha value is -3.81. The van der Waals surface area contributed by atoms with E-state index < -0.39 is 11.6 Å². The van der Waals surface area contributed by atoms with Crippen LogP contribution in [0, 0.1) is 11.6 Å². The first-order valence-electron chi connectivity index (χ1n) is 9.02. The number of fused-ring (bicyclic) bond motifs is 2. The topological polar surface area (TPSA) is 68.1 Å². The van der Waals surface area contributed by atoms with E-state index in [0.29, 0.717) is 29.3 Å². The van der Waals surface area contributed by atoms with Crippen molar-refractivity contribution >= 4 is 16.6 Å². The summed E-state index contributed by atoms with van der Waals surface area (Å²) in [5.41, 5.74) is 3.07. The van der Waals surface area contributed by atoms with Crippen LogP contribution in [0.3, 0.4) is 0 Å². The molecule has 0 aliphatic heterocycles. The molecular formula is C21H15F2N5O. The van der Waals surface area contributed by atoms with Gasteiger partial charge in [0.25, 0.3) is 0 Å². The molecule has 1 N–H and O–H groups in total. The van der Waals surface area contributed by atoms with Crippen LogP contribution < -0.4 is 4.74 Å². The summed E-state index contributed by atoms with van der Waals surface area (Å²) in [4.78, 5) is 7.34. The third-order valence-electron chi connectivity index (χ3n) is 4.72. The second-order valence-corrected chi connectivity index (χ2v) is 6.59. The van der Waals surface area contributed by atoms with E-state index in [0.717, 1.165) is 22.5 Å². The highest BCUT2D eigenvalue weighted by atomic mass is 19.2. The lowest BCUT2D eigenvalue weighted by atomic mass is 10.1. The Morgan fingerprint density at radius 1 is 0.966 bits per heavy atom. The molecule has 3 heterocycles. The van der Waals surface area contributed by atoms with Crippen LogP contribution in [0.2, 0.25) is 0 Å². The maximum Gasteiger partial charge on any atom is 0.220 e. The number of ether oxygens (including phenoxy) is 1. The first-order valence-corrected chi connectivity index (χ1v) is 9.02. The molecule has 0 unspecified atom stereocenters. The molecule has 0 saturated carbocycles. The van der Waals surface area contributed by atoms with E-state index in [1.807, 2.05) is 30.5 Å². The highest BCUT2D eigenvalue weighted by Gasteiger charge is 2.14. The highest BCUT2D eigenvalue weighted by molar-refractivity contribution is 5.84. The van der Waals surface area contributed by atoms with Crippen molar-refractivity contribution in [2.45, 2.75) is 6.42 Å². The van der Waals surface area contributed by atoms with Gasteiger partial charge in [0.05, 0.1) is 19.0 Å². The zero-order valence-electron chi connectivity index (χ0n) is 15.1. The fraction of sp³-hybridized carbons (Fsp3) is 0.0952. The van der Waals surface area contributed by atoms with Gasteiger partial charge in [-0.1, -0.05) is 18.2 Å². The number of halogens is 2. The summed E-state index contributed by atoms with van der Waals surface area (Å²) in [7, 11) is 0. The van der Waals surface area contributed by atoms with E-state index in [4.69, 9.17) is 4.74 Å². The predicted octanol–water partition coefficient (Wildman–Crippen LogP) is 4.17. The molecule has 0 spiro atoms. The molecule has 3 aromatic heterocycles. The van der Waals surface area contributed by atoms with E-state index in [2.05, 4.69) is 20.2 Å². The second-order valence-electron chi connectivity index (χ2n) is 6.59. The van der Waals surface area contributed by atoms with Gasteiger partial charge in [-0.2, -0.15) is 0 Å². The van der Waals surface area contributed by atoms with Gasteiger partial charge < -0.3 is 9.72 Å². The molecule has 5 aromatic rings. The molecule has 0 fully saturated rings. The van der Waals surface area contributed by atoms with Crippen molar-refractivity contribution in [1.29, 1.82) is 0 Å². The molecule has 0 saturated heterocycles. The van der Waals surface area contributed by atoms with Crippen molar-refractivity contribution in [3.63, 3.8) is 0 Å². The van der Waals surface area contributed by atoms with Crippen LogP contribution in [0.5, 0.6) is 5.88 Å². The molecule has 0 radical (unpaired) electrons. The van der Waals surface area contributed by atoms with Crippen LogP contribution in [0.15, 0.2) is 61.1 Å². The van der Waals surface area contributed by atoms with Crippen LogP contribution in [0.25, 0.3) is 27.9 Å². The number of aromatic nitrogens is 5. The van der Waals surface area contributed by atoms with Crippen molar-refractivity contribution in [2.24, 2.45) is 0 Å². The summed E-state index contributed by atoms with van der Waals surface area (Å²) in [5.74, 6) is -0.637. The molecular weight excluding hydrogens is 376 g/mol. The van der Waals surface area contributed by atoms with Crippen LogP contribution >= 0.6 is 0 Å². The fourth-order valence-electron chi connectivity index (χ4n) is 3.27. The zero-order chi connectivity index (χ0) is 19.8. The second kappa shape index (κ2) is 6.97. The lowest BCUT2D eigenvalue weighted by molar-refractivity contribution is 0.304. The Morgan fingerprint density at radius 3 is 2.79 bits per heavy atom. The van der Waals surface area contributed by atoms with Gasteiger partial charge in [0.2, 0.25) is 5.88 Å². The SMILES string of the molecule is Fc1ccc(CCOc2cncc3nnc(-c4ccc5cc[nH]c5c4)n23)cc1F. The third-order valence-corrected chi connectivity index (χ3v) is 4.72. The average molecular weight is 391 g/mol. The molecule has 0 bridgehead atoms. The van der Waals surface area contributed by atoms with Crippen molar-refractivity contribution in [2.75, 3.05) is 6.61 Å². The third kappa shape index (κ3) is 3.18. The molecule has 0 aliphatic carbocycles. The summed E-state index contributed by atoms with van der Waals surface area (Å²) < 4.78 is 34.1. The number of rotatable bonds is 5. The average Bonchev–Trinajstić information content (AvgIpc) is 3.37. The normalized spacial score (nSPS) is 11.4. The predicted molar refractivity (Wildman–Crippen MR) is 104 cm³/mol. The van der Waals surface area contributed by atoms with E-state index in [1.54, 1.807) is 16.8 Å². The van der Waals surface area contributed by atoms with E-state index in [-0.39, 0.29) is 6.61 Å². The van der Waals surface area contributed by atoms with Gasteiger partial charge in [0.15, 0.2) is 23.1 Å². The largest absolute Gasteiger partial charge is 0.477 e. The highest BCUT2D eigenvalue weighted by Crippen LogP contribution is 2.26. The number of hydrogen-bond donors (Lipinski definition) is 1. The molecule has 8 heteroatoms. The quantitative estimate of drug-likeness (QED) is 0.488. The summed E-state index contributed by atoms with van der Waals surface area (Å²) in [5, 5.41) is 9.58. The molecule has 2 aromatic carbocycles. The van der Waals surface area contributed by atoms with Crippen molar-refractivity contribution in [3.8, 4) is 17.3 Å². The Kier molecular flexibility index (Phi) is 4.16. The van der Waals surface area contributed by atoms with Crippen LogP contribution in [-0.2, 0) is 6.42 Å². The summed E-state index contributed by atoms with van der Waals surface area (Å²) in [6, 6.07) is 11.8. The smallest absolute Gasteiger partial charge is 0.220 e. The number of benzene rings is 2. The van der Waals surface area contributed by atoms with Crippen LogP contribution in [0.1, 0.15) is 5.56 Å². The van der Waals surface area contributed by atoms with Gasteiger partial charge in [-0.05, 0) is 35.2 Å². The first-order chi connectivity index (χ1) is 14.2. The van der Waals surface area contributed by atoms with Crippen molar-refractivity contribution in [3.05, 3.63) is 78.3 Å². The number of H-pyrrole nitrogens is 1. The molecule has 6 nitrogen and oxygen atoms in total. The number of nitrogens with one attached hydrogen (secondary N) is 1. The minimum Gasteiger partial charge on any atom is -0.477 e. The summed E-state index contributed by atoms with van der Waals surface area (Å²) >= 11 is 0. The minimum atomic E-state index is -0.868. The maximum absolute atomic E-state index is 13.4. The Labute approximate surface area is 163 Å². The summed E-state index contributed by atoms with van der Waals surface area (Å²) in [6.45, 7) is 0.263. The summed E-state index contributed by atoms with van der Waals surface area (Å²) in [6.07, 6.45) is 5.48. The standard InChI is InChI=1S/C21H15F2N5O/c22-16-4-1-13(9-17(16)23)6-8-29-20-12-24-11-19-26-27-21(28(19)20)15-3-2-14-5-7-25-18(14)10-15/h1-5,7,9-12,25H,6,8H2. The Bertz CT molecular complexity index is 1330. The van der Waals surface area contributed by atoms with Crippen molar-refractivity contribution < 1.29 is 13.5 Å². The van der Waals surface area contributed by atoms with Crippen molar-refractivity contribution in [1.82, 2.24) is 24.6 Å². The fourth-order valence-corrected chi connectivity index (χ4v) is 3.27. The van der Waals surface area contributed by atoms with E-state index >= 15 is 0 Å². The number of hydrogen-bond acceptors (Lipinski definition) is 4. The lowest BCUT2D eigenvalue weighted by Gasteiger charge is -2.10. The van der Waals surface area contributed by atoms with Gasteiger partial charge in [0, 0.05) is 23.7 Å². The molecule has 0 atom stereocenters. The first kappa shape index (κ1) is 17.3.